The van der Waals surface area contributed by atoms with E-state index in [1.165, 1.54) is 11.1 Å². The van der Waals surface area contributed by atoms with Gasteiger partial charge in [-0.2, -0.15) is 0 Å². The fourth-order valence-corrected chi connectivity index (χ4v) is 7.41. The molecule has 0 aliphatic carbocycles. The van der Waals surface area contributed by atoms with Gasteiger partial charge in [-0.1, -0.05) is 164 Å². The molecule has 0 aliphatic rings. The van der Waals surface area contributed by atoms with Crippen molar-refractivity contribution in [1.82, 2.24) is 15.0 Å². The maximum atomic E-state index is 6.52. The van der Waals surface area contributed by atoms with Crippen LogP contribution in [0.1, 0.15) is 0 Å². The van der Waals surface area contributed by atoms with Crippen molar-refractivity contribution in [2.75, 3.05) is 0 Å². The number of aromatic nitrogens is 3. The highest BCUT2D eigenvalue weighted by Crippen LogP contribution is 2.39. The SMILES string of the molecule is c1ccc(-c2ccc3c(-c4nc(-c5ccc6c(c5)oc5cccc(-c7ccccc7)c56)nc(-c5ccccc5-c5ccccc5)n4)cccc3c2)cc1. The van der Waals surface area contributed by atoms with Gasteiger partial charge < -0.3 is 4.42 Å². The Morgan fingerprint density at radius 1 is 0.302 bits per heavy atom. The van der Waals surface area contributed by atoms with Crippen molar-refractivity contribution in [2.45, 2.75) is 0 Å². The molecule has 0 aliphatic heterocycles. The van der Waals surface area contributed by atoms with Gasteiger partial charge in [0.15, 0.2) is 17.5 Å². The van der Waals surface area contributed by atoms with Crippen LogP contribution in [-0.2, 0) is 0 Å². The van der Waals surface area contributed by atoms with Gasteiger partial charge >= 0.3 is 0 Å². The zero-order valence-corrected chi connectivity index (χ0v) is 28.6. The molecule has 2 heterocycles. The van der Waals surface area contributed by atoms with E-state index in [4.69, 9.17) is 19.4 Å². The van der Waals surface area contributed by atoms with E-state index in [1.54, 1.807) is 0 Å². The average molecular weight is 678 g/mol. The molecule has 0 saturated heterocycles. The quantitative estimate of drug-likeness (QED) is 0.176. The van der Waals surface area contributed by atoms with Crippen LogP contribution in [0, 0.1) is 0 Å². The third-order valence-electron chi connectivity index (χ3n) is 9.96. The predicted molar refractivity (Wildman–Crippen MR) is 217 cm³/mol. The van der Waals surface area contributed by atoms with Crippen LogP contribution in [0.25, 0.3) is 100 Å². The first-order valence-electron chi connectivity index (χ1n) is 17.8. The molecule has 53 heavy (non-hydrogen) atoms. The molecule has 0 bridgehead atoms. The molecule has 10 aromatic rings. The van der Waals surface area contributed by atoms with Crippen LogP contribution in [0.15, 0.2) is 192 Å². The molecule has 4 heteroatoms. The summed E-state index contributed by atoms with van der Waals surface area (Å²) < 4.78 is 6.52. The Kier molecular flexibility index (Phi) is 7.43. The van der Waals surface area contributed by atoms with Crippen LogP contribution in [0.4, 0.5) is 0 Å². The lowest BCUT2D eigenvalue weighted by Gasteiger charge is -2.13. The molecule has 0 unspecified atom stereocenters. The second-order valence-electron chi connectivity index (χ2n) is 13.2. The van der Waals surface area contributed by atoms with E-state index >= 15 is 0 Å². The second-order valence-corrected chi connectivity index (χ2v) is 13.2. The predicted octanol–water partition coefficient (Wildman–Crippen LogP) is 12.9. The number of fused-ring (bicyclic) bond motifs is 4. The van der Waals surface area contributed by atoms with Gasteiger partial charge in [-0.05, 0) is 68.4 Å². The van der Waals surface area contributed by atoms with Crippen molar-refractivity contribution in [3.05, 3.63) is 188 Å². The Hall–Kier alpha value is -7.17. The van der Waals surface area contributed by atoms with Gasteiger partial charge in [0, 0.05) is 27.5 Å². The highest BCUT2D eigenvalue weighted by molar-refractivity contribution is 6.13. The summed E-state index contributed by atoms with van der Waals surface area (Å²) in [5.74, 6) is 1.80. The van der Waals surface area contributed by atoms with Crippen LogP contribution in [0.5, 0.6) is 0 Å². The largest absolute Gasteiger partial charge is 0.456 e. The summed E-state index contributed by atoms with van der Waals surface area (Å²) in [5.41, 5.74) is 11.2. The molecule has 4 nitrogen and oxygen atoms in total. The molecule has 0 amide bonds. The molecule has 0 spiro atoms. The lowest BCUT2D eigenvalue weighted by molar-refractivity contribution is 0.669. The molecular formula is C49H31N3O. The molecule has 8 aromatic carbocycles. The first-order chi connectivity index (χ1) is 26.3. The Labute approximate surface area is 306 Å². The number of furan rings is 1. The summed E-state index contributed by atoms with van der Waals surface area (Å²) in [7, 11) is 0. The summed E-state index contributed by atoms with van der Waals surface area (Å²) in [6, 6.07) is 65.1. The van der Waals surface area contributed by atoms with Crippen LogP contribution >= 0.6 is 0 Å². The third kappa shape index (κ3) is 5.54. The highest BCUT2D eigenvalue weighted by atomic mass is 16.3. The maximum Gasteiger partial charge on any atom is 0.164 e. The summed E-state index contributed by atoms with van der Waals surface area (Å²) in [4.78, 5) is 15.6. The number of nitrogens with zero attached hydrogens (tertiary/aromatic N) is 3. The Morgan fingerprint density at radius 3 is 1.60 bits per heavy atom. The van der Waals surface area contributed by atoms with Crippen LogP contribution in [-0.4, -0.2) is 15.0 Å². The smallest absolute Gasteiger partial charge is 0.164 e. The third-order valence-corrected chi connectivity index (χ3v) is 9.96. The van der Waals surface area contributed by atoms with Crippen molar-refractivity contribution >= 4 is 32.7 Å². The Morgan fingerprint density at radius 2 is 0.849 bits per heavy atom. The van der Waals surface area contributed by atoms with E-state index in [2.05, 4.69) is 158 Å². The van der Waals surface area contributed by atoms with Crippen molar-refractivity contribution in [1.29, 1.82) is 0 Å². The molecule has 0 fully saturated rings. The molecule has 0 atom stereocenters. The summed E-state index contributed by atoms with van der Waals surface area (Å²) in [6.07, 6.45) is 0. The second kappa shape index (κ2) is 12.9. The minimum absolute atomic E-state index is 0.580. The summed E-state index contributed by atoms with van der Waals surface area (Å²) in [5, 5.41) is 4.35. The van der Waals surface area contributed by atoms with Gasteiger partial charge in [-0.15, -0.1) is 0 Å². The van der Waals surface area contributed by atoms with Gasteiger partial charge in [0.25, 0.3) is 0 Å². The molecule has 248 valence electrons. The molecular weight excluding hydrogens is 647 g/mol. The number of hydrogen-bond donors (Lipinski definition) is 0. The zero-order valence-electron chi connectivity index (χ0n) is 28.6. The number of hydrogen-bond acceptors (Lipinski definition) is 4. The molecule has 0 N–H and O–H groups in total. The van der Waals surface area contributed by atoms with E-state index < -0.39 is 0 Å². The normalized spacial score (nSPS) is 11.4. The number of benzene rings is 8. The van der Waals surface area contributed by atoms with Crippen molar-refractivity contribution in [3.8, 4) is 67.5 Å². The molecule has 10 rings (SSSR count). The van der Waals surface area contributed by atoms with Gasteiger partial charge in [-0.25, -0.2) is 15.0 Å². The van der Waals surface area contributed by atoms with Gasteiger partial charge in [-0.3, -0.25) is 0 Å². The zero-order chi connectivity index (χ0) is 35.1. The van der Waals surface area contributed by atoms with E-state index in [0.29, 0.717) is 17.5 Å². The topological polar surface area (TPSA) is 51.8 Å². The summed E-state index contributed by atoms with van der Waals surface area (Å²) in [6.45, 7) is 0. The molecule has 0 radical (unpaired) electrons. The lowest BCUT2D eigenvalue weighted by atomic mass is 9.97. The van der Waals surface area contributed by atoms with Crippen molar-refractivity contribution in [3.63, 3.8) is 0 Å². The first kappa shape index (κ1) is 30.6. The van der Waals surface area contributed by atoms with Crippen molar-refractivity contribution in [2.24, 2.45) is 0 Å². The Balaban J connectivity index is 1.17. The Bertz CT molecular complexity index is 2940. The van der Waals surface area contributed by atoms with Gasteiger partial charge in [0.2, 0.25) is 0 Å². The minimum atomic E-state index is 0.580. The maximum absolute atomic E-state index is 6.52. The van der Waals surface area contributed by atoms with Crippen molar-refractivity contribution < 1.29 is 4.42 Å². The average Bonchev–Trinajstić information content (AvgIpc) is 3.62. The van der Waals surface area contributed by atoms with Gasteiger partial charge in [0.05, 0.1) is 0 Å². The fraction of sp³-hybridized carbons (Fsp3) is 0. The number of rotatable bonds is 6. The standard InChI is InChI=1S/C49H31N3O/c1-4-14-32(15-5-1)35-26-28-39-36(30-35)20-12-24-42(39)49-51-47(50-48(52-49)41-22-11-10-21-38(41)33-16-6-2-7-17-33)37-27-29-43-45(31-37)53-44-25-13-23-40(46(43)44)34-18-8-3-9-19-34/h1-31H. The van der Waals surface area contributed by atoms with Crippen LogP contribution in [0.3, 0.4) is 0 Å². The summed E-state index contributed by atoms with van der Waals surface area (Å²) >= 11 is 0. The van der Waals surface area contributed by atoms with Crippen LogP contribution < -0.4 is 0 Å². The minimum Gasteiger partial charge on any atom is -0.456 e. The van der Waals surface area contributed by atoms with E-state index in [0.717, 1.165) is 71.7 Å². The van der Waals surface area contributed by atoms with E-state index in [9.17, 15) is 0 Å². The van der Waals surface area contributed by atoms with Crippen LogP contribution in [0.2, 0.25) is 0 Å². The first-order valence-corrected chi connectivity index (χ1v) is 17.8. The van der Waals surface area contributed by atoms with E-state index in [1.807, 2.05) is 30.3 Å². The lowest BCUT2D eigenvalue weighted by Crippen LogP contribution is -2.01. The van der Waals surface area contributed by atoms with Gasteiger partial charge in [0.1, 0.15) is 11.2 Å². The molecule has 2 aromatic heterocycles. The molecule has 0 saturated carbocycles. The van der Waals surface area contributed by atoms with E-state index in [-0.39, 0.29) is 0 Å². The monoisotopic (exact) mass is 677 g/mol. The highest BCUT2D eigenvalue weighted by Gasteiger charge is 2.19. The fourth-order valence-electron chi connectivity index (χ4n) is 7.41.